The zero-order valence-corrected chi connectivity index (χ0v) is 16.0. The molecular formula is C23H24N2O3. The fraction of sp³-hybridized carbons (Fsp3) is 0.348. The Kier molecular flexibility index (Phi) is 4.75. The summed E-state index contributed by atoms with van der Waals surface area (Å²) in [7, 11) is 0. The molecule has 1 atom stereocenters. The van der Waals surface area contributed by atoms with Crippen molar-refractivity contribution in [2.75, 3.05) is 5.32 Å². The molecule has 4 rings (SSSR count). The predicted molar refractivity (Wildman–Crippen MR) is 107 cm³/mol. The molecule has 2 aliphatic rings. The average Bonchev–Trinajstić information content (AvgIpc) is 3.27. The normalized spacial score (nSPS) is 19.2. The summed E-state index contributed by atoms with van der Waals surface area (Å²) in [4.78, 5) is 39.6. The topological polar surface area (TPSA) is 66.5 Å². The molecule has 1 unspecified atom stereocenters. The van der Waals surface area contributed by atoms with Crippen LogP contribution in [0.4, 0.5) is 5.69 Å². The monoisotopic (exact) mass is 376 g/mol. The number of carbonyl (C=O) groups excluding carboxylic acids is 3. The highest BCUT2D eigenvalue weighted by Crippen LogP contribution is 2.47. The third-order valence-corrected chi connectivity index (χ3v) is 6.03. The van der Waals surface area contributed by atoms with E-state index in [4.69, 9.17) is 0 Å². The Balaban J connectivity index is 1.55. The zero-order valence-electron chi connectivity index (χ0n) is 16.0. The quantitative estimate of drug-likeness (QED) is 0.820. The number of benzene rings is 2. The zero-order chi connectivity index (χ0) is 19.7. The molecule has 144 valence electrons. The van der Waals surface area contributed by atoms with Gasteiger partial charge in [-0.15, -0.1) is 0 Å². The van der Waals surface area contributed by atoms with Crippen LogP contribution in [0.25, 0.3) is 11.1 Å². The SMILES string of the molecule is CC(C(=O)Nc1ccccc1-c1ccccc1)N1C(=O)CC2(CCCC2)C1=O. The van der Waals surface area contributed by atoms with Crippen LogP contribution in [0.1, 0.15) is 39.0 Å². The molecular weight excluding hydrogens is 352 g/mol. The molecule has 28 heavy (non-hydrogen) atoms. The van der Waals surface area contributed by atoms with Crippen molar-refractivity contribution in [1.82, 2.24) is 4.90 Å². The lowest BCUT2D eigenvalue weighted by atomic mass is 9.84. The minimum absolute atomic E-state index is 0.172. The van der Waals surface area contributed by atoms with Gasteiger partial charge in [-0.05, 0) is 31.4 Å². The molecule has 1 aliphatic carbocycles. The van der Waals surface area contributed by atoms with Crippen LogP contribution < -0.4 is 5.32 Å². The molecule has 0 aromatic heterocycles. The lowest BCUT2D eigenvalue weighted by Crippen LogP contribution is -2.46. The highest BCUT2D eigenvalue weighted by Gasteiger charge is 2.54. The Morgan fingerprint density at radius 2 is 1.64 bits per heavy atom. The Morgan fingerprint density at radius 1 is 1.00 bits per heavy atom. The highest BCUT2D eigenvalue weighted by molar-refractivity contribution is 6.10. The van der Waals surface area contributed by atoms with E-state index in [9.17, 15) is 14.4 Å². The summed E-state index contributed by atoms with van der Waals surface area (Å²) < 4.78 is 0. The largest absolute Gasteiger partial charge is 0.324 e. The van der Waals surface area contributed by atoms with Gasteiger partial charge in [0.25, 0.3) is 0 Å². The van der Waals surface area contributed by atoms with Gasteiger partial charge in [-0.1, -0.05) is 61.4 Å². The van der Waals surface area contributed by atoms with Gasteiger partial charge in [-0.25, -0.2) is 0 Å². The molecule has 5 nitrogen and oxygen atoms in total. The van der Waals surface area contributed by atoms with Crippen LogP contribution in [0.2, 0.25) is 0 Å². The molecule has 5 heteroatoms. The van der Waals surface area contributed by atoms with Crippen LogP contribution in [0.15, 0.2) is 54.6 Å². The first-order chi connectivity index (χ1) is 13.5. The van der Waals surface area contributed by atoms with Crippen molar-refractivity contribution in [1.29, 1.82) is 0 Å². The fourth-order valence-corrected chi connectivity index (χ4v) is 4.47. The van der Waals surface area contributed by atoms with Gasteiger partial charge in [0, 0.05) is 17.7 Å². The van der Waals surface area contributed by atoms with Crippen molar-refractivity contribution in [3.05, 3.63) is 54.6 Å². The number of imide groups is 1. The van der Waals surface area contributed by atoms with E-state index in [1.807, 2.05) is 54.6 Å². The molecule has 2 fully saturated rings. The second kappa shape index (κ2) is 7.23. The van der Waals surface area contributed by atoms with Crippen LogP contribution in [-0.2, 0) is 14.4 Å². The summed E-state index contributed by atoms with van der Waals surface area (Å²) in [5, 5.41) is 2.92. The molecule has 1 heterocycles. The van der Waals surface area contributed by atoms with Crippen molar-refractivity contribution < 1.29 is 14.4 Å². The number of para-hydroxylation sites is 1. The molecule has 1 saturated carbocycles. The lowest BCUT2D eigenvalue weighted by Gasteiger charge is -2.25. The van der Waals surface area contributed by atoms with E-state index in [-0.39, 0.29) is 24.1 Å². The standard InChI is InChI=1S/C23H24N2O3/c1-16(25-20(26)15-23(22(25)28)13-7-8-14-23)21(27)24-19-12-6-5-11-18(19)17-9-3-2-4-10-17/h2-6,9-12,16H,7-8,13-15H2,1H3,(H,24,27). The molecule has 3 amide bonds. The van der Waals surface area contributed by atoms with E-state index in [2.05, 4.69) is 5.32 Å². The van der Waals surface area contributed by atoms with Crippen LogP contribution in [-0.4, -0.2) is 28.7 Å². The molecule has 2 aromatic rings. The van der Waals surface area contributed by atoms with Crippen molar-refractivity contribution in [3.8, 4) is 11.1 Å². The Labute approximate surface area is 164 Å². The number of hydrogen-bond donors (Lipinski definition) is 1. The van der Waals surface area contributed by atoms with E-state index in [0.717, 1.165) is 36.8 Å². The number of nitrogens with zero attached hydrogens (tertiary/aromatic N) is 1. The van der Waals surface area contributed by atoms with E-state index in [0.29, 0.717) is 5.69 Å². The molecule has 0 radical (unpaired) electrons. The molecule has 0 bridgehead atoms. The Morgan fingerprint density at radius 3 is 2.36 bits per heavy atom. The van der Waals surface area contributed by atoms with Gasteiger partial charge >= 0.3 is 0 Å². The predicted octanol–water partition coefficient (Wildman–Crippen LogP) is 4.00. The van der Waals surface area contributed by atoms with Gasteiger partial charge in [0.1, 0.15) is 6.04 Å². The van der Waals surface area contributed by atoms with Gasteiger partial charge in [-0.2, -0.15) is 0 Å². The van der Waals surface area contributed by atoms with Crippen molar-refractivity contribution in [2.24, 2.45) is 5.41 Å². The molecule has 1 saturated heterocycles. The lowest BCUT2D eigenvalue weighted by molar-refractivity contribution is -0.147. The summed E-state index contributed by atoms with van der Waals surface area (Å²) >= 11 is 0. The maximum atomic E-state index is 13.0. The third-order valence-electron chi connectivity index (χ3n) is 6.03. The summed E-state index contributed by atoms with van der Waals surface area (Å²) in [6, 6.07) is 16.5. The van der Waals surface area contributed by atoms with Gasteiger partial charge in [0.15, 0.2) is 0 Å². The molecule has 1 spiro atoms. The second-order valence-electron chi connectivity index (χ2n) is 7.81. The molecule has 2 aromatic carbocycles. The summed E-state index contributed by atoms with van der Waals surface area (Å²) in [6.45, 7) is 1.63. The van der Waals surface area contributed by atoms with E-state index in [1.165, 1.54) is 4.90 Å². The first-order valence-corrected chi connectivity index (χ1v) is 9.84. The smallest absolute Gasteiger partial charge is 0.247 e. The van der Waals surface area contributed by atoms with Gasteiger partial charge < -0.3 is 5.32 Å². The van der Waals surface area contributed by atoms with Gasteiger partial charge in [-0.3, -0.25) is 19.3 Å². The maximum Gasteiger partial charge on any atom is 0.247 e. The van der Waals surface area contributed by atoms with Crippen LogP contribution in [0.5, 0.6) is 0 Å². The van der Waals surface area contributed by atoms with Crippen molar-refractivity contribution in [3.63, 3.8) is 0 Å². The fourth-order valence-electron chi connectivity index (χ4n) is 4.47. The van der Waals surface area contributed by atoms with Crippen molar-refractivity contribution in [2.45, 2.75) is 45.1 Å². The number of rotatable bonds is 4. The second-order valence-corrected chi connectivity index (χ2v) is 7.81. The first kappa shape index (κ1) is 18.4. The average molecular weight is 376 g/mol. The number of carbonyl (C=O) groups is 3. The van der Waals surface area contributed by atoms with Crippen LogP contribution in [0, 0.1) is 5.41 Å². The van der Waals surface area contributed by atoms with Gasteiger partial charge in [0.2, 0.25) is 17.7 Å². The third kappa shape index (κ3) is 3.11. The summed E-state index contributed by atoms with van der Waals surface area (Å²) in [6.07, 6.45) is 3.68. The van der Waals surface area contributed by atoms with Crippen LogP contribution >= 0.6 is 0 Å². The Hall–Kier alpha value is -2.95. The summed E-state index contributed by atoms with van der Waals surface area (Å²) in [5.41, 5.74) is 1.99. The van der Waals surface area contributed by atoms with E-state index < -0.39 is 11.5 Å². The number of likely N-dealkylation sites (tertiary alicyclic amines) is 1. The van der Waals surface area contributed by atoms with Crippen molar-refractivity contribution >= 4 is 23.4 Å². The van der Waals surface area contributed by atoms with Crippen LogP contribution in [0.3, 0.4) is 0 Å². The summed E-state index contributed by atoms with van der Waals surface area (Å²) in [5.74, 6) is -0.750. The van der Waals surface area contributed by atoms with Gasteiger partial charge in [0.05, 0.1) is 5.41 Å². The number of anilines is 1. The first-order valence-electron chi connectivity index (χ1n) is 9.84. The minimum Gasteiger partial charge on any atom is -0.324 e. The molecule has 1 aliphatic heterocycles. The molecule has 1 N–H and O–H groups in total. The maximum absolute atomic E-state index is 13.0. The van der Waals surface area contributed by atoms with E-state index >= 15 is 0 Å². The minimum atomic E-state index is -0.830. The highest BCUT2D eigenvalue weighted by atomic mass is 16.2. The number of hydrogen-bond acceptors (Lipinski definition) is 3. The number of nitrogens with one attached hydrogen (secondary N) is 1. The van der Waals surface area contributed by atoms with E-state index in [1.54, 1.807) is 6.92 Å². The Bertz CT molecular complexity index is 916. The number of amides is 3.